The van der Waals surface area contributed by atoms with E-state index in [1.54, 1.807) is 0 Å². The first-order chi connectivity index (χ1) is 9.65. The van der Waals surface area contributed by atoms with Gasteiger partial charge in [0.15, 0.2) is 0 Å². The molecule has 0 bridgehead atoms. The van der Waals surface area contributed by atoms with E-state index in [1.165, 1.54) is 6.07 Å². The van der Waals surface area contributed by atoms with E-state index in [0.717, 1.165) is 6.42 Å². The Balaban J connectivity index is 2.19. The predicted molar refractivity (Wildman–Crippen MR) is 73.3 cm³/mol. The van der Waals surface area contributed by atoms with Gasteiger partial charge in [-0.05, 0) is 12.0 Å². The van der Waals surface area contributed by atoms with E-state index < -0.39 is 12.0 Å². The molecule has 0 aliphatic carbocycles. The Kier molecular flexibility index (Phi) is 4.43. The van der Waals surface area contributed by atoms with Gasteiger partial charge >= 0.3 is 5.63 Å². The van der Waals surface area contributed by atoms with E-state index in [1.807, 2.05) is 13.8 Å². The zero-order valence-corrected chi connectivity index (χ0v) is 11.4. The lowest BCUT2D eigenvalue weighted by atomic mass is 10.1. The third-order valence-corrected chi connectivity index (χ3v) is 2.80. The Bertz CT molecular complexity index is 624. The molecule has 20 heavy (non-hydrogen) atoms. The molecule has 2 N–H and O–H groups in total. The quantitative estimate of drug-likeness (QED) is 0.807. The number of carbonyl (C=O) groups is 1. The van der Waals surface area contributed by atoms with Gasteiger partial charge in [-0.15, -0.1) is 5.92 Å². The van der Waals surface area contributed by atoms with Crippen LogP contribution < -0.4 is 16.3 Å². The Morgan fingerprint density at radius 1 is 1.30 bits per heavy atom. The number of fused-ring (bicyclic) bond motifs is 1. The van der Waals surface area contributed by atoms with Crippen LogP contribution in [-0.2, 0) is 11.2 Å². The van der Waals surface area contributed by atoms with Crippen LogP contribution in [0.1, 0.15) is 36.2 Å². The van der Waals surface area contributed by atoms with Crippen LogP contribution >= 0.6 is 0 Å². The number of amides is 1. The first-order valence-electron chi connectivity index (χ1n) is 6.47. The molecule has 6 heteroatoms. The summed E-state index contributed by atoms with van der Waals surface area (Å²) in [6, 6.07) is 1.33. The molecule has 0 radical (unpaired) electrons. The van der Waals surface area contributed by atoms with Crippen molar-refractivity contribution in [1.82, 2.24) is 5.32 Å². The molecule has 1 aliphatic heterocycles. The lowest BCUT2D eigenvalue weighted by Gasteiger charge is -2.26. The van der Waals surface area contributed by atoms with E-state index in [0.29, 0.717) is 17.5 Å². The molecule has 1 aromatic heterocycles. The van der Waals surface area contributed by atoms with Crippen molar-refractivity contribution in [2.24, 2.45) is 0 Å². The molecule has 1 aromatic rings. The number of rotatable bonds is 3. The summed E-state index contributed by atoms with van der Waals surface area (Å²) >= 11 is 0. The highest BCUT2D eigenvalue weighted by Gasteiger charge is 2.28. The molecule has 1 unspecified atom stereocenters. The third-order valence-electron chi connectivity index (χ3n) is 2.80. The molecule has 0 fully saturated rings. The van der Waals surface area contributed by atoms with Crippen LogP contribution in [0.2, 0.25) is 0 Å². The fourth-order valence-electron chi connectivity index (χ4n) is 1.90. The molecule has 2 heterocycles. The molecule has 0 saturated carbocycles. The van der Waals surface area contributed by atoms with Crippen LogP contribution in [0.15, 0.2) is 15.3 Å². The van der Waals surface area contributed by atoms with Crippen molar-refractivity contribution in [2.75, 3.05) is 11.9 Å². The Morgan fingerprint density at radius 3 is 2.80 bits per heavy atom. The van der Waals surface area contributed by atoms with Crippen LogP contribution in [-0.4, -0.2) is 18.9 Å². The Morgan fingerprint density at radius 2 is 2.10 bits per heavy atom. The minimum atomic E-state index is -0.753. The van der Waals surface area contributed by atoms with Gasteiger partial charge in [0.1, 0.15) is 12.2 Å². The lowest BCUT2D eigenvalue weighted by Crippen LogP contribution is -2.47. The number of carbonyl (C=O) groups excluding carboxylic acids is 1. The van der Waals surface area contributed by atoms with Crippen LogP contribution in [0.3, 0.4) is 0 Å². The van der Waals surface area contributed by atoms with Crippen LogP contribution in [0.4, 0.5) is 5.88 Å². The zero-order chi connectivity index (χ0) is 14.5. The van der Waals surface area contributed by atoms with E-state index >= 15 is 0 Å². The van der Waals surface area contributed by atoms with Crippen molar-refractivity contribution in [1.29, 1.82) is 0 Å². The molecule has 0 spiro atoms. The van der Waals surface area contributed by atoms with Gasteiger partial charge in [0.2, 0.25) is 12.2 Å². The highest BCUT2D eigenvalue weighted by Crippen LogP contribution is 2.22. The van der Waals surface area contributed by atoms with E-state index in [9.17, 15) is 9.59 Å². The topological polar surface area (TPSA) is 80.6 Å². The fraction of sp³-hybridized carbons (Fsp3) is 0.429. The summed E-state index contributed by atoms with van der Waals surface area (Å²) < 4.78 is 10.4. The molecule has 106 valence electrons. The molecule has 1 atom stereocenters. The SMILES string of the molecule is CCC#CCOC1NC(=O)c2c(CC)cc(=O)oc2N1. The van der Waals surface area contributed by atoms with Crippen molar-refractivity contribution in [3.05, 3.63) is 27.6 Å². The van der Waals surface area contributed by atoms with Gasteiger partial charge in [0.05, 0.1) is 0 Å². The monoisotopic (exact) mass is 276 g/mol. The van der Waals surface area contributed by atoms with Crippen LogP contribution in [0.25, 0.3) is 0 Å². The molecule has 1 amide bonds. The molecule has 2 rings (SSSR count). The van der Waals surface area contributed by atoms with E-state index in [-0.39, 0.29) is 18.4 Å². The van der Waals surface area contributed by atoms with Gasteiger partial charge in [0.25, 0.3) is 5.91 Å². The number of nitrogens with one attached hydrogen (secondary N) is 2. The van der Waals surface area contributed by atoms with Crippen LogP contribution in [0, 0.1) is 11.8 Å². The highest BCUT2D eigenvalue weighted by atomic mass is 16.5. The van der Waals surface area contributed by atoms with Gasteiger partial charge in [-0.1, -0.05) is 19.8 Å². The van der Waals surface area contributed by atoms with Gasteiger partial charge in [-0.25, -0.2) is 4.79 Å². The Labute approximate surface area is 116 Å². The number of hydrogen-bond acceptors (Lipinski definition) is 5. The van der Waals surface area contributed by atoms with Crippen molar-refractivity contribution >= 4 is 11.8 Å². The molecule has 6 nitrogen and oxygen atoms in total. The van der Waals surface area contributed by atoms with Gasteiger partial charge in [-0.2, -0.15) is 0 Å². The van der Waals surface area contributed by atoms with Crippen LogP contribution in [0.5, 0.6) is 0 Å². The average molecular weight is 276 g/mol. The number of hydrogen-bond donors (Lipinski definition) is 2. The second-order valence-electron chi connectivity index (χ2n) is 4.16. The second kappa shape index (κ2) is 6.26. The maximum absolute atomic E-state index is 12.0. The maximum Gasteiger partial charge on any atom is 0.337 e. The first kappa shape index (κ1) is 14.2. The summed E-state index contributed by atoms with van der Waals surface area (Å²) in [5.74, 6) is 5.47. The number of ether oxygens (including phenoxy) is 1. The first-order valence-corrected chi connectivity index (χ1v) is 6.47. The normalized spacial score (nSPS) is 16.5. The number of aryl methyl sites for hydroxylation is 1. The van der Waals surface area contributed by atoms with Crippen molar-refractivity contribution in [3.8, 4) is 11.8 Å². The summed E-state index contributed by atoms with van der Waals surface area (Å²) in [5, 5.41) is 5.47. The zero-order valence-electron chi connectivity index (χ0n) is 11.4. The van der Waals surface area contributed by atoms with Crippen molar-refractivity contribution in [2.45, 2.75) is 33.0 Å². The second-order valence-corrected chi connectivity index (χ2v) is 4.16. The molecule has 0 aromatic carbocycles. The van der Waals surface area contributed by atoms with Crippen molar-refractivity contribution in [3.63, 3.8) is 0 Å². The third kappa shape index (κ3) is 3.00. The van der Waals surface area contributed by atoms with Gasteiger partial charge in [-0.3, -0.25) is 4.79 Å². The highest BCUT2D eigenvalue weighted by molar-refractivity contribution is 6.01. The van der Waals surface area contributed by atoms with E-state index in [2.05, 4.69) is 22.5 Å². The van der Waals surface area contributed by atoms with Gasteiger partial charge < -0.3 is 19.8 Å². The minimum absolute atomic E-state index is 0.145. The smallest absolute Gasteiger partial charge is 0.337 e. The summed E-state index contributed by atoms with van der Waals surface area (Å²) in [7, 11) is 0. The molecular weight excluding hydrogens is 260 g/mol. The molecule has 1 aliphatic rings. The summed E-state index contributed by atoms with van der Waals surface area (Å²) in [4.78, 5) is 23.5. The largest absolute Gasteiger partial charge is 0.406 e. The maximum atomic E-state index is 12.0. The predicted octanol–water partition coefficient (Wildman–Crippen LogP) is 1.07. The Hall–Kier alpha value is -2.26. The fourth-order valence-corrected chi connectivity index (χ4v) is 1.90. The standard InChI is InChI=1S/C14H16N2O4/c1-3-5-6-7-19-14-15-12(18)11-9(4-2)8-10(17)20-13(11)16-14/h8,14,16H,3-4,7H2,1-2H3,(H,15,18). The van der Waals surface area contributed by atoms with E-state index in [4.69, 9.17) is 9.15 Å². The summed E-state index contributed by atoms with van der Waals surface area (Å²) in [6.45, 7) is 3.98. The number of anilines is 1. The molecular formula is C14H16N2O4. The molecule has 0 saturated heterocycles. The average Bonchev–Trinajstić information content (AvgIpc) is 2.42. The van der Waals surface area contributed by atoms with Gasteiger partial charge in [0, 0.05) is 12.5 Å². The van der Waals surface area contributed by atoms with Crippen molar-refractivity contribution < 1.29 is 13.9 Å². The summed E-state index contributed by atoms with van der Waals surface area (Å²) in [6.07, 6.45) is 0.554. The summed E-state index contributed by atoms with van der Waals surface area (Å²) in [5.41, 5.74) is 0.504. The minimum Gasteiger partial charge on any atom is -0.406 e. The lowest BCUT2D eigenvalue weighted by molar-refractivity contribution is 0.0535.